The second kappa shape index (κ2) is 12.1. The summed E-state index contributed by atoms with van der Waals surface area (Å²) < 4.78 is 42.5. The molecule has 0 bridgehead atoms. The standard InChI is InChI=1S/C36H29F3N4O3/c1-23(29-17-19-40-21-31(29)25-9-5-3-6-10-25)35(24(2)30-18-20-41-22-32(30)26-11-7-4-8-12-26)33(44)43(34(45)42-35)27-13-15-28(16-14-27)46-36(37,38)39/h3-24H,1-2H3,(H,42,45). The minimum Gasteiger partial charge on any atom is -0.406 e. The van der Waals surface area contributed by atoms with Crippen molar-refractivity contribution in [1.29, 1.82) is 0 Å². The molecule has 0 aliphatic carbocycles. The average Bonchev–Trinajstić information content (AvgIpc) is 3.34. The van der Waals surface area contributed by atoms with E-state index in [1.165, 1.54) is 12.1 Å². The van der Waals surface area contributed by atoms with E-state index in [1.54, 1.807) is 24.8 Å². The number of anilines is 1. The van der Waals surface area contributed by atoms with E-state index in [0.717, 1.165) is 50.4 Å². The Bertz CT molecular complexity index is 1780. The van der Waals surface area contributed by atoms with Crippen LogP contribution in [0.5, 0.6) is 5.75 Å². The lowest BCUT2D eigenvalue weighted by molar-refractivity contribution is -0.274. The van der Waals surface area contributed by atoms with Crippen LogP contribution in [0.3, 0.4) is 0 Å². The Balaban J connectivity index is 1.50. The van der Waals surface area contributed by atoms with Crippen LogP contribution >= 0.6 is 0 Å². The third-order valence-corrected chi connectivity index (χ3v) is 8.58. The monoisotopic (exact) mass is 622 g/mol. The van der Waals surface area contributed by atoms with E-state index in [0.29, 0.717) is 0 Å². The lowest BCUT2D eigenvalue weighted by Gasteiger charge is -2.40. The Kier molecular flexibility index (Phi) is 8.04. The molecule has 7 nitrogen and oxygen atoms in total. The van der Waals surface area contributed by atoms with Gasteiger partial charge in [0.1, 0.15) is 11.3 Å². The summed E-state index contributed by atoms with van der Waals surface area (Å²) in [5.41, 5.74) is 3.53. The molecule has 2 unspecified atom stereocenters. The highest BCUT2D eigenvalue weighted by atomic mass is 19.4. The fourth-order valence-electron chi connectivity index (χ4n) is 6.33. The maximum atomic E-state index is 14.9. The molecule has 0 saturated carbocycles. The number of nitrogens with zero attached hydrogens (tertiary/aromatic N) is 3. The van der Waals surface area contributed by atoms with Gasteiger partial charge >= 0.3 is 12.4 Å². The van der Waals surface area contributed by atoms with Gasteiger partial charge in [0.05, 0.1) is 5.69 Å². The maximum Gasteiger partial charge on any atom is 0.573 e. The van der Waals surface area contributed by atoms with Gasteiger partial charge in [-0.3, -0.25) is 14.8 Å². The fraction of sp³-hybridized carbons (Fsp3) is 0.167. The Morgan fingerprint density at radius 2 is 1.20 bits per heavy atom. The van der Waals surface area contributed by atoms with Crippen molar-refractivity contribution in [3.05, 3.63) is 133 Å². The van der Waals surface area contributed by atoms with Crippen molar-refractivity contribution < 1.29 is 27.5 Å². The van der Waals surface area contributed by atoms with Crippen molar-refractivity contribution in [3.63, 3.8) is 0 Å². The number of pyridine rings is 2. The van der Waals surface area contributed by atoms with Gasteiger partial charge in [0, 0.05) is 47.8 Å². The van der Waals surface area contributed by atoms with Crippen LogP contribution in [0.15, 0.2) is 122 Å². The summed E-state index contributed by atoms with van der Waals surface area (Å²) in [6.45, 7) is 3.78. The molecule has 10 heteroatoms. The Morgan fingerprint density at radius 3 is 1.65 bits per heavy atom. The van der Waals surface area contributed by atoms with Gasteiger partial charge in [0.25, 0.3) is 5.91 Å². The molecule has 1 N–H and O–H groups in total. The van der Waals surface area contributed by atoms with Gasteiger partial charge in [-0.1, -0.05) is 74.5 Å². The van der Waals surface area contributed by atoms with E-state index in [4.69, 9.17) is 0 Å². The zero-order valence-corrected chi connectivity index (χ0v) is 24.9. The topological polar surface area (TPSA) is 84.4 Å². The quantitative estimate of drug-likeness (QED) is 0.177. The van der Waals surface area contributed by atoms with Gasteiger partial charge in [-0.15, -0.1) is 13.2 Å². The summed E-state index contributed by atoms with van der Waals surface area (Å²) in [7, 11) is 0. The fourth-order valence-corrected chi connectivity index (χ4v) is 6.33. The zero-order chi connectivity index (χ0) is 32.5. The lowest BCUT2D eigenvalue weighted by Crippen LogP contribution is -2.55. The number of rotatable bonds is 8. The van der Waals surface area contributed by atoms with Crippen LogP contribution in [0.25, 0.3) is 22.3 Å². The average molecular weight is 623 g/mol. The van der Waals surface area contributed by atoms with Gasteiger partial charge in [-0.05, 0) is 58.7 Å². The number of ether oxygens (including phenoxy) is 1. The molecule has 3 aromatic carbocycles. The number of hydrogen-bond acceptors (Lipinski definition) is 5. The largest absolute Gasteiger partial charge is 0.573 e. The van der Waals surface area contributed by atoms with Crippen LogP contribution in [0.1, 0.15) is 36.8 Å². The second-order valence-corrected chi connectivity index (χ2v) is 11.1. The zero-order valence-electron chi connectivity index (χ0n) is 24.9. The van der Waals surface area contributed by atoms with Crippen molar-refractivity contribution in [2.45, 2.75) is 37.6 Å². The number of nitrogens with one attached hydrogen (secondary N) is 1. The molecule has 6 rings (SSSR count). The summed E-state index contributed by atoms with van der Waals surface area (Å²) in [6, 6.07) is 26.9. The van der Waals surface area contributed by atoms with E-state index < -0.39 is 41.4 Å². The van der Waals surface area contributed by atoms with Crippen molar-refractivity contribution in [1.82, 2.24) is 15.3 Å². The highest BCUT2D eigenvalue weighted by Crippen LogP contribution is 2.48. The minimum atomic E-state index is -4.88. The number of carbonyl (C=O) groups is 2. The number of imide groups is 1. The molecule has 0 radical (unpaired) electrons. The van der Waals surface area contributed by atoms with Gasteiger partial charge < -0.3 is 10.1 Å². The van der Waals surface area contributed by atoms with Crippen LogP contribution in [-0.2, 0) is 4.79 Å². The molecule has 3 amide bonds. The highest BCUT2D eigenvalue weighted by Gasteiger charge is 2.59. The van der Waals surface area contributed by atoms with Crippen LogP contribution in [0.2, 0.25) is 0 Å². The van der Waals surface area contributed by atoms with Crippen LogP contribution in [0.4, 0.5) is 23.7 Å². The summed E-state index contributed by atoms with van der Waals surface area (Å²) in [5.74, 6) is -2.22. The minimum absolute atomic E-state index is 0.106. The second-order valence-electron chi connectivity index (χ2n) is 11.1. The molecular formula is C36H29F3N4O3. The third-order valence-electron chi connectivity index (χ3n) is 8.58. The first-order chi connectivity index (χ1) is 22.1. The van der Waals surface area contributed by atoms with Crippen LogP contribution in [0, 0.1) is 0 Å². The summed E-state index contributed by atoms with van der Waals surface area (Å²) in [4.78, 5) is 38.4. The molecule has 2 atom stereocenters. The number of aromatic nitrogens is 2. The summed E-state index contributed by atoms with van der Waals surface area (Å²) in [6.07, 6.45) is 1.89. The first-order valence-electron chi connectivity index (χ1n) is 14.6. The normalized spacial score (nSPS) is 17.8. The molecule has 1 saturated heterocycles. The van der Waals surface area contributed by atoms with E-state index in [-0.39, 0.29) is 5.69 Å². The van der Waals surface area contributed by atoms with E-state index in [1.807, 2.05) is 86.6 Å². The Hall–Kier alpha value is -5.51. The number of benzene rings is 3. The van der Waals surface area contributed by atoms with Gasteiger partial charge in [-0.25, -0.2) is 9.69 Å². The molecule has 3 heterocycles. The number of urea groups is 1. The van der Waals surface area contributed by atoms with E-state index in [2.05, 4.69) is 20.0 Å². The molecule has 232 valence electrons. The Morgan fingerprint density at radius 1 is 0.717 bits per heavy atom. The van der Waals surface area contributed by atoms with Gasteiger partial charge in [0.15, 0.2) is 0 Å². The predicted octanol–water partition coefficient (Wildman–Crippen LogP) is 8.11. The number of alkyl halides is 3. The lowest BCUT2D eigenvalue weighted by atomic mass is 9.68. The van der Waals surface area contributed by atoms with E-state index in [9.17, 15) is 22.8 Å². The summed E-state index contributed by atoms with van der Waals surface area (Å²) in [5, 5.41) is 3.06. The smallest absolute Gasteiger partial charge is 0.406 e. The third kappa shape index (κ3) is 5.58. The predicted molar refractivity (Wildman–Crippen MR) is 168 cm³/mol. The molecule has 1 aliphatic rings. The maximum absolute atomic E-state index is 14.9. The number of amides is 3. The molecule has 2 aromatic heterocycles. The Labute approximate surface area is 263 Å². The SMILES string of the molecule is CC(c1ccncc1-c1ccccc1)C1(C(C)c2ccncc2-c2ccccc2)NC(=O)N(c2ccc(OC(F)(F)F)cc2)C1=O. The van der Waals surface area contributed by atoms with Gasteiger partial charge in [-0.2, -0.15) is 0 Å². The number of halogens is 3. The van der Waals surface area contributed by atoms with Gasteiger partial charge in [0.2, 0.25) is 0 Å². The number of carbonyl (C=O) groups excluding carboxylic acids is 2. The first kappa shape index (κ1) is 30.5. The summed E-state index contributed by atoms with van der Waals surface area (Å²) >= 11 is 0. The molecule has 0 spiro atoms. The van der Waals surface area contributed by atoms with Crippen molar-refractivity contribution in [2.75, 3.05) is 4.90 Å². The molecule has 1 aliphatic heterocycles. The van der Waals surface area contributed by atoms with E-state index >= 15 is 0 Å². The van der Waals surface area contributed by atoms with Crippen LogP contribution < -0.4 is 15.0 Å². The molecule has 46 heavy (non-hydrogen) atoms. The van der Waals surface area contributed by atoms with Crippen LogP contribution in [-0.4, -0.2) is 33.8 Å². The number of hydrogen-bond donors (Lipinski definition) is 1. The molecular weight excluding hydrogens is 593 g/mol. The molecule has 5 aromatic rings. The first-order valence-corrected chi connectivity index (χ1v) is 14.6. The highest BCUT2D eigenvalue weighted by molar-refractivity contribution is 6.24. The molecule has 1 fully saturated rings. The van der Waals surface area contributed by atoms with Crippen molar-refractivity contribution >= 4 is 17.6 Å². The van der Waals surface area contributed by atoms with Crippen molar-refractivity contribution in [3.8, 4) is 28.0 Å². The van der Waals surface area contributed by atoms with Crippen molar-refractivity contribution in [2.24, 2.45) is 0 Å².